The van der Waals surface area contributed by atoms with E-state index in [0.717, 1.165) is 19.3 Å². The summed E-state index contributed by atoms with van der Waals surface area (Å²) in [5.41, 5.74) is 2.72. The van der Waals surface area contributed by atoms with Crippen molar-refractivity contribution in [2.75, 3.05) is 6.61 Å². The molecule has 0 aromatic rings. The fraction of sp³-hybridized carbons (Fsp3) is 0.533. The first-order valence-corrected chi connectivity index (χ1v) is 6.18. The smallest absolute Gasteiger partial charge is 0.330 e. The van der Waals surface area contributed by atoms with Gasteiger partial charge in [0.25, 0.3) is 0 Å². The third-order valence-electron chi connectivity index (χ3n) is 2.23. The topological polar surface area (TPSA) is 26.3 Å². The molecule has 0 aliphatic heterocycles. The van der Waals surface area contributed by atoms with Gasteiger partial charge in [0.15, 0.2) is 0 Å². The van der Waals surface area contributed by atoms with Gasteiger partial charge in [-0.05, 0) is 47.0 Å². The quantitative estimate of drug-likeness (QED) is 0.376. The fourth-order valence-corrected chi connectivity index (χ4v) is 1.31. The third kappa shape index (κ3) is 11.0. The maximum Gasteiger partial charge on any atom is 0.330 e. The van der Waals surface area contributed by atoms with Crippen molar-refractivity contribution in [1.29, 1.82) is 0 Å². The standard InChI is InChI=1S/C15H24O2/c1-5-17-15(16)12-7-6-10-14(4)11-8-9-13(2)3/h7,9-10,12H,5-6,8,11H2,1-4H3/b12-7+,14-10+. The van der Waals surface area contributed by atoms with E-state index in [9.17, 15) is 4.79 Å². The zero-order chi connectivity index (χ0) is 13.1. The van der Waals surface area contributed by atoms with Crippen LogP contribution in [-0.2, 0) is 9.53 Å². The molecule has 0 aliphatic rings. The molecule has 0 saturated carbocycles. The fourth-order valence-electron chi connectivity index (χ4n) is 1.31. The first-order chi connectivity index (χ1) is 8.06. The number of esters is 1. The number of hydrogen-bond donors (Lipinski definition) is 0. The minimum absolute atomic E-state index is 0.261. The lowest BCUT2D eigenvalue weighted by molar-refractivity contribution is -0.137. The Labute approximate surface area is 105 Å². The average molecular weight is 236 g/mol. The number of carbonyl (C=O) groups is 1. The van der Waals surface area contributed by atoms with Gasteiger partial charge in [-0.15, -0.1) is 0 Å². The molecule has 0 unspecified atom stereocenters. The molecule has 0 spiro atoms. The molecule has 0 heterocycles. The molecule has 0 radical (unpaired) electrons. The number of rotatable bonds is 7. The molecule has 0 rings (SSSR count). The van der Waals surface area contributed by atoms with Gasteiger partial charge in [-0.1, -0.05) is 29.4 Å². The molecule has 0 fully saturated rings. The molecule has 0 bridgehead atoms. The summed E-state index contributed by atoms with van der Waals surface area (Å²) >= 11 is 0. The van der Waals surface area contributed by atoms with Crippen molar-refractivity contribution in [3.8, 4) is 0 Å². The van der Waals surface area contributed by atoms with Crippen molar-refractivity contribution < 1.29 is 9.53 Å². The van der Waals surface area contributed by atoms with Crippen LogP contribution in [0.5, 0.6) is 0 Å². The molecule has 0 amide bonds. The molecule has 0 N–H and O–H groups in total. The van der Waals surface area contributed by atoms with E-state index in [0.29, 0.717) is 6.61 Å². The van der Waals surface area contributed by atoms with E-state index in [2.05, 4.69) is 32.9 Å². The van der Waals surface area contributed by atoms with Gasteiger partial charge < -0.3 is 4.74 Å². The lowest BCUT2D eigenvalue weighted by atomic mass is 10.1. The summed E-state index contributed by atoms with van der Waals surface area (Å²) in [4.78, 5) is 11.0. The Morgan fingerprint density at radius 3 is 2.47 bits per heavy atom. The second-order valence-corrected chi connectivity index (χ2v) is 4.26. The Kier molecular flexibility index (Phi) is 9.12. The van der Waals surface area contributed by atoms with Crippen molar-refractivity contribution in [1.82, 2.24) is 0 Å². The van der Waals surface area contributed by atoms with Gasteiger partial charge in [0.05, 0.1) is 6.61 Å². The number of carbonyl (C=O) groups excluding carboxylic acids is 1. The largest absolute Gasteiger partial charge is 0.463 e. The maximum absolute atomic E-state index is 11.0. The number of hydrogen-bond acceptors (Lipinski definition) is 2. The zero-order valence-corrected chi connectivity index (χ0v) is 11.5. The Hall–Kier alpha value is -1.31. The van der Waals surface area contributed by atoms with Gasteiger partial charge in [-0.2, -0.15) is 0 Å². The van der Waals surface area contributed by atoms with Gasteiger partial charge in [0, 0.05) is 6.08 Å². The van der Waals surface area contributed by atoms with Crippen LogP contribution in [0.1, 0.15) is 47.0 Å². The summed E-state index contributed by atoms with van der Waals surface area (Å²) in [5, 5.41) is 0. The summed E-state index contributed by atoms with van der Waals surface area (Å²) in [6.45, 7) is 8.58. The SMILES string of the molecule is CCOC(=O)/C=C/C/C=C(\C)CCC=C(C)C. The normalized spacial score (nSPS) is 11.6. The Morgan fingerprint density at radius 2 is 1.88 bits per heavy atom. The van der Waals surface area contributed by atoms with Gasteiger partial charge in [-0.3, -0.25) is 0 Å². The van der Waals surface area contributed by atoms with E-state index >= 15 is 0 Å². The van der Waals surface area contributed by atoms with Crippen LogP contribution in [0.4, 0.5) is 0 Å². The van der Waals surface area contributed by atoms with Crippen LogP contribution >= 0.6 is 0 Å². The molecule has 0 atom stereocenters. The van der Waals surface area contributed by atoms with Crippen LogP contribution in [0.25, 0.3) is 0 Å². The molecular formula is C15H24O2. The Bertz CT molecular complexity index is 305. The second-order valence-electron chi connectivity index (χ2n) is 4.26. The number of allylic oxidation sites excluding steroid dienone is 5. The van der Waals surface area contributed by atoms with Crippen molar-refractivity contribution in [3.05, 3.63) is 35.5 Å². The summed E-state index contributed by atoms with van der Waals surface area (Å²) in [6, 6.07) is 0. The average Bonchev–Trinajstić information content (AvgIpc) is 2.24. The van der Waals surface area contributed by atoms with Crippen LogP contribution in [0, 0.1) is 0 Å². The minimum atomic E-state index is -0.261. The van der Waals surface area contributed by atoms with Crippen molar-refractivity contribution in [3.63, 3.8) is 0 Å². The van der Waals surface area contributed by atoms with Crippen LogP contribution in [0.2, 0.25) is 0 Å². The van der Waals surface area contributed by atoms with Gasteiger partial charge in [0.1, 0.15) is 0 Å². The van der Waals surface area contributed by atoms with Crippen molar-refractivity contribution in [2.45, 2.75) is 47.0 Å². The van der Waals surface area contributed by atoms with E-state index in [-0.39, 0.29) is 5.97 Å². The van der Waals surface area contributed by atoms with Crippen molar-refractivity contribution >= 4 is 5.97 Å². The second kappa shape index (κ2) is 9.88. The molecule has 0 saturated heterocycles. The van der Waals surface area contributed by atoms with Gasteiger partial charge in [0.2, 0.25) is 0 Å². The summed E-state index contributed by atoms with van der Waals surface area (Å²) in [7, 11) is 0. The van der Waals surface area contributed by atoms with Crippen LogP contribution in [0.3, 0.4) is 0 Å². The van der Waals surface area contributed by atoms with E-state index in [1.807, 2.05) is 6.08 Å². The molecule has 0 aromatic heterocycles. The van der Waals surface area contributed by atoms with Crippen molar-refractivity contribution in [2.24, 2.45) is 0 Å². The highest BCUT2D eigenvalue weighted by Crippen LogP contribution is 2.07. The molecule has 96 valence electrons. The van der Waals surface area contributed by atoms with Crippen LogP contribution in [0.15, 0.2) is 35.5 Å². The monoisotopic (exact) mass is 236 g/mol. The minimum Gasteiger partial charge on any atom is -0.463 e. The van der Waals surface area contributed by atoms with E-state index in [1.54, 1.807) is 6.92 Å². The first-order valence-electron chi connectivity index (χ1n) is 6.18. The van der Waals surface area contributed by atoms with Gasteiger partial charge >= 0.3 is 5.97 Å². The summed E-state index contributed by atoms with van der Waals surface area (Å²) in [5.74, 6) is -0.261. The van der Waals surface area contributed by atoms with Crippen LogP contribution in [-0.4, -0.2) is 12.6 Å². The highest BCUT2D eigenvalue weighted by Gasteiger charge is 1.92. The highest BCUT2D eigenvalue weighted by atomic mass is 16.5. The molecular weight excluding hydrogens is 212 g/mol. The molecule has 2 nitrogen and oxygen atoms in total. The lowest BCUT2D eigenvalue weighted by Gasteiger charge is -1.97. The summed E-state index contributed by atoms with van der Waals surface area (Å²) < 4.78 is 4.79. The Morgan fingerprint density at radius 1 is 1.18 bits per heavy atom. The molecule has 2 heteroatoms. The predicted molar refractivity (Wildman–Crippen MR) is 72.8 cm³/mol. The van der Waals surface area contributed by atoms with Crippen LogP contribution < -0.4 is 0 Å². The zero-order valence-electron chi connectivity index (χ0n) is 11.5. The van der Waals surface area contributed by atoms with E-state index in [1.165, 1.54) is 17.2 Å². The maximum atomic E-state index is 11.0. The highest BCUT2D eigenvalue weighted by molar-refractivity contribution is 5.81. The predicted octanol–water partition coefficient (Wildman–Crippen LogP) is 4.19. The lowest BCUT2D eigenvalue weighted by Crippen LogP contribution is -1.98. The van der Waals surface area contributed by atoms with E-state index < -0.39 is 0 Å². The molecule has 0 aliphatic carbocycles. The Balaban J connectivity index is 3.83. The third-order valence-corrected chi connectivity index (χ3v) is 2.23. The van der Waals surface area contributed by atoms with E-state index in [4.69, 9.17) is 4.74 Å². The molecule has 17 heavy (non-hydrogen) atoms. The number of ether oxygens (including phenoxy) is 1. The molecule has 0 aromatic carbocycles. The first kappa shape index (κ1) is 15.7. The summed E-state index contributed by atoms with van der Waals surface area (Å²) in [6.07, 6.45) is 10.7. The van der Waals surface area contributed by atoms with Gasteiger partial charge in [-0.25, -0.2) is 4.79 Å².